The van der Waals surface area contributed by atoms with Gasteiger partial charge < -0.3 is 5.32 Å². The van der Waals surface area contributed by atoms with Gasteiger partial charge in [-0.1, -0.05) is 37.3 Å². The van der Waals surface area contributed by atoms with Crippen LogP contribution in [0, 0.1) is 5.92 Å². The zero-order valence-electron chi connectivity index (χ0n) is 8.98. The Hall–Kier alpha value is -1.31. The van der Waals surface area contributed by atoms with E-state index < -0.39 is 0 Å². The molecule has 0 aromatic carbocycles. The van der Waals surface area contributed by atoms with Gasteiger partial charge in [0.2, 0.25) is 0 Å². The van der Waals surface area contributed by atoms with Crippen molar-refractivity contribution in [2.75, 3.05) is 0 Å². The number of nitrogens with one attached hydrogen (secondary N) is 1. The number of allylic oxidation sites excluding steroid dienone is 3. The highest BCUT2D eigenvalue weighted by molar-refractivity contribution is 5.83. The molecule has 0 bridgehead atoms. The van der Waals surface area contributed by atoms with Crippen LogP contribution in [-0.2, 0) is 0 Å². The van der Waals surface area contributed by atoms with Crippen LogP contribution in [0.5, 0.6) is 0 Å². The summed E-state index contributed by atoms with van der Waals surface area (Å²) in [6.45, 7) is 2.16. The standard InChI is InChI=1S/C13H16N2/c1-2-12-14-10-7-3-5-9-6-4-8-11(15-12)13(9)10/h3-7,10-11,13H,2,8H2,1H3,(H,14,15). The molecule has 2 heteroatoms. The lowest BCUT2D eigenvalue weighted by Crippen LogP contribution is -2.50. The van der Waals surface area contributed by atoms with Crippen LogP contribution in [0.3, 0.4) is 0 Å². The fourth-order valence-corrected chi connectivity index (χ4v) is 2.74. The van der Waals surface area contributed by atoms with Gasteiger partial charge in [0, 0.05) is 12.3 Å². The molecule has 3 atom stereocenters. The summed E-state index contributed by atoms with van der Waals surface area (Å²) in [5.74, 6) is 1.73. The quantitative estimate of drug-likeness (QED) is 0.689. The summed E-state index contributed by atoms with van der Waals surface area (Å²) in [4.78, 5) is 4.78. The molecule has 15 heavy (non-hydrogen) atoms. The van der Waals surface area contributed by atoms with Gasteiger partial charge in [-0.25, -0.2) is 0 Å². The molecule has 0 radical (unpaired) electrons. The molecule has 1 aliphatic heterocycles. The second-order valence-corrected chi connectivity index (χ2v) is 4.38. The van der Waals surface area contributed by atoms with Crippen molar-refractivity contribution in [3.05, 3.63) is 36.0 Å². The lowest BCUT2D eigenvalue weighted by atomic mass is 9.76. The van der Waals surface area contributed by atoms with Crippen LogP contribution in [-0.4, -0.2) is 17.9 Å². The van der Waals surface area contributed by atoms with Crippen molar-refractivity contribution in [3.8, 4) is 0 Å². The monoisotopic (exact) mass is 200 g/mol. The zero-order valence-corrected chi connectivity index (χ0v) is 8.98. The molecule has 0 aromatic heterocycles. The number of amidine groups is 1. The summed E-state index contributed by atoms with van der Waals surface area (Å²) in [5, 5.41) is 3.52. The molecule has 0 amide bonds. The van der Waals surface area contributed by atoms with Crippen molar-refractivity contribution in [1.82, 2.24) is 5.32 Å². The van der Waals surface area contributed by atoms with Gasteiger partial charge in [-0.3, -0.25) is 4.99 Å². The summed E-state index contributed by atoms with van der Waals surface area (Å²) >= 11 is 0. The molecule has 3 rings (SSSR count). The van der Waals surface area contributed by atoms with E-state index >= 15 is 0 Å². The van der Waals surface area contributed by atoms with E-state index in [0.29, 0.717) is 18.0 Å². The molecule has 3 unspecified atom stereocenters. The van der Waals surface area contributed by atoms with E-state index in [0.717, 1.165) is 12.8 Å². The number of hydrogen-bond acceptors (Lipinski definition) is 2. The second kappa shape index (κ2) is 3.37. The maximum atomic E-state index is 4.78. The maximum Gasteiger partial charge on any atom is 0.0968 e. The third kappa shape index (κ3) is 1.36. The van der Waals surface area contributed by atoms with Gasteiger partial charge >= 0.3 is 0 Å². The van der Waals surface area contributed by atoms with Crippen molar-refractivity contribution in [3.63, 3.8) is 0 Å². The topological polar surface area (TPSA) is 24.4 Å². The predicted octanol–water partition coefficient (Wildman–Crippen LogP) is 2.21. The molecule has 0 aromatic rings. The van der Waals surface area contributed by atoms with Crippen molar-refractivity contribution >= 4 is 5.84 Å². The number of aliphatic imine (C=N–C) groups is 1. The molecule has 0 fully saturated rings. The van der Waals surface area contributed by atoms with E-state index in [4.69, 9.17) is 4.99 Å². The highest BCUT2D eigenvalue weighted by Crippen LogP contribution is 2.34. The predicted molar refractivity (Wildman–Crippen MR) is 62.9 cm³/mol. The lowest BCUT2D eigenvalue weighted by molar-refractivity contribution is 0.390. The molecule has 2 aliphatic carbocycles. The third-order valence-electron chi connectivity index (χ3n) is 3.47. The van der Waals surface area contributed by atoms with E-state index in [1.54, 1.807) is 0 Å². The summed E-state index contributed by atoms with van der Waals surface area (Å²) in [5.41, 5.74) is 1.44. The van der Waals surface area contributed by atoms with Crippen LogP contribution >= 0.6 is 0 Å². The molecular weight excluding hydrogens is 184 g/mol. The Labute approximate surface area is 90.5 Å². The zero-order chi connectivity index (χ0) is 10.3. The Morgan fingerprint density at radius 2 is 2.47 bits per heavy atom. The Kier molecular flexibility index (Phi) is 2.01. The smallest absolute Gasteiger partial charge is 0.0968 e. The first-order valence-corrected chi connectivity index (χ1v) is 5.76. The Morgan fingerprint density at radius 1 is 1.53 bits per heavy atom. The highest BCUT2D eigenvalue weighted by Gasteiger charge is 2.36. The first-order valence-electron chi connectivity index (χ1n) is 5.76. The summed E-state index contributed by atoms with van der Waals surface area (Å²) < 4.78 is 0. The maximum absolute atomic E-state index is 4.78. The van der Waals surface area contributed by atoms with Crippen molar-refractivity contribution in [2.45, 2.75) is 31.8 Å². The summed E-state index contributed by atoms with van der Waals surface area (Å²) in [6, 6.07) is 0.930. The first-order chi connectivity index (χ1) is 7.38. The highest BCUT2D eigenvalue weighted by atomic mass is 15.1. The molecule has 3 aliphatic rings. The van der Waals surface area contributed by atoms with Gasteiger partial charge in [-0.05, 0) is 12.0 Å². The van der Waals surface area contributed by atoms with Gasteiger partial charge in [0.05, 0.1) is 17.9 Å². The van der Waals surface area contributed by atoms with Gasteiger partial charge in [-0.2, -0.15) is 0 Å². The van der Waals surface area contributed by atoms with Crippen molar-refractivity contribution < 1.29 is 0 Å². The fourth-order valence-electron chi connectivity index (χ4n) is 2.74. The third-order valence-corrected chi connectivity index (χ3v) is 3.47. The number of rotatable bonds is 1. The van der Waals surface area contributed by atoms with Crippen LogP contribution in [0.4, 0.5) is 0 Å². The normalized spacial score (nSPS) is 36.5. The minimum Gasteiger partial charge on any atom is -0.367 e. The number of hydrogen-bond donors (Lipinski definition) is 1. The van der Waals surface area contributed by atoms with Crippen LogP contribution < -0.4 is 5.32 Å². The molecule has 2 nitrogen and oxygen atoms in total. The van der Waals surface area contributed by atoms with Gasteiger partial charge in [0.15, 0.2) is 0 Å². The molecule has 1 N–H and O–H groups in total. The minimum atomic E-state index is 0.465. The second-order valence-electron chi connectivity index (χ2n) is 4.38. The van der Waals surface area contributed by atoms with Crippen LogP contribution in [0.15, 0.2) is 40.9 Å². The average molecular weight is 200 g/mol. The van der Waals surface area contributed by atoms with E-state index in [1.165, 1.54) is 11.4 Å². The van der Waals surface area contributed by atoms with E-state index in [-0.39, 0.29) is 0 Å². The van der Waals surface area contributed by atoms with Crippen molar-refractivity contribution in [1.29, 1.82) is 0 Å². The van der Waals surface area contributed by atoms with Crippen molar-refractivity contribution in [2.24, 2.45) is 10.9 Å². The SMILES string of the molecule is CCC1=NC2CC=CC3=CC=CC(N1)C32. The number of nitrogens with zero attached hydrogens (tertiary/aromatic N) is 1. The van der Waals surface area contributed by atoms with Crippen LogP contribution in [0.1, 0.15) is 19.8 Å². The van der Waals surface area contributed by atoms with E-state index in [1.807, 2.05) is 0 Å². The average Bonchev–Trinajstić information content (AvgIpc) is 2.29. The molecular formula is C13H16N2. The fraction of sp³-hybridized carbons (Fsp3) is 0.462. The molecule has 1 heterocycles. The molecule has 78 valence electrons. The summed E-state index contributed by atoms with van der Waals surface area (Å²) in [7, 11) is 0. The Balaban J connectivity index is 2.02. The van der Waals surface area contributed by atoms with E-state index in [9.17, 15) is 0 Å². The molecule has 0 saturated heterocycles. The minimum absolute atomic E-state index is 0.465. The Morgan fingerprint density at radius 3 is 3.33 bits per heavy atom. The van der Waals surface area contributed by atoms with Gasteiger partial charge in [0.25, 0.3) is 0 Å². The van der Waals surface area contributed by atoms with Gasteiger partial charge in [-0.15, -0.1) is 0 Å². The van der Waals surface area contributed by atoms with Gasteiger partial charge in [0.1, 0.15) is 0 Å². The molecule has 0 spiro atoms. The first kappa shape index (κ1) is 8.96. The van der Waals surface area contributed by atoms with Crippen LogP contribution in [0.2, 0.25) is 0 Å². The Bertz CT molecular complexity index is 387. The van der Waals surface area contributed by atoms with Crippen LogP contribution in [0.25, 0.3) is 0 Å². The van der Waals surface area contributed by atoms with E-state index in [2.05, 4.69) is 42.6 Å². The largest absolute Gasteiger partial charge is 0.367 e. The summed E-state index contributed by atoms with van der Waals surface area (Å²) in [6.07, 6.45) is 13.3. The molecule has 0 saturated carbocycles. The lowest BCUT2D eigenvalue weighted by Gasteiger charge is -2.40.